The molecule has 1 atom stereocenters. The summed E-state index contributed by atoms with van der Waals surface area (Å²) in [5.74, 6) is -0.403. The largest absolute Gasteiger partial charge is 0.464 e. The molecule has 0 saturated heterocycles. The summed E-state index contributed by atoms with van der Waals surface area (Å²) in [4.78, 5) is 30.6. The minimum absolute atomic E-state index is 0.271. The molecule has 0 spiro atoms. The average molecular weight is 375 g/mol. The van der Waals surface area contributed by atoms with Gasteiger partial charge in [0.15, 0.2) is 5.65 Å². The third-order valence-electron chi connectivity index (χ3n) is 4.85. The van der Waals surface area contributed by atoms with E-state index in [1.807, 2.05) is 61.5 Å². The number of hydrogen-bond donors (Lipinski definition) is 0. The van der Waals surface area contributed by atoms with Gasteiger partial charge < -0.3 is 4.74 Å². The molecule has 0 aliphatic carbocycles. The topological polar surface area (TPSA) is 65.6 Å². The fourth-order valence-corrected chi connectivity index (χ4v) is 3.55. The van der Waals surface area contributed by atoms with Crippen LogP contribution in [0.2, 0.25) is 0 Å². The summed E-state index contributed by atoms with van der Waals surface area (Å²) in [6.07, 6.45) is 2.18. The second-order valence-corrected chi connectivity index (χ2v) is 6.53. The van der Waals surface area contributed by atoms with Gasteiger partial charge in [0.05, 0.1) is 17.8 Å². The van der Waals surface area contributed by atoms with Gasteiger partial charge in [0.2, 0.25) is 0 Å². The second-order valence-electron chi connectivity index (χ2n) is 6.53. The van der Waals surface area contributed by atoms with E-state index in [4.69, 9.17) is 9.72 Å². The molecule has 0 bridgehead atoms. The molecule has 0 fully saturated rings. The van der Waals surface area contributed by atoms with Crippen LogP contribution in [0.5, 0.6) is 0 Å². The number of rotatable bonds is 5. The first-order valence-electron chi connectivity index (χ1n) is 9.40. The molecular weight excluding hydrogens is 354 g/mol. The molecule has 0 aliphatic heterocycles. The first-order valence-corrected chi connectivity index (χ1v) is 9.40. The molecule has 1 unspecified atom stereocenters. The first-order chi connectivity index (χ1) is 13.7. The lowest BCUT2D eigenvalue weighted by molar-refractivity contribution is -0.147. The van der Waals surface area contributed by atoms with Crippen LogP contribution in [0.4, 0.5) is 0 Å². The summed E-state index contributed by atoms with van der Waals surface area (Å²) in [6.45, 7) is 3.90. The number of aromatic nitrogens is 3. The minimum atomic E-state index is -0.690. The Morgan fingerprint density at radius 2 is 1.79 bits per heavy atom. The predicted molar refractivity (Wildman–Crippen MR) is 108 cm³/mol. The zero-order valence-corrected chi connectivity index (χ0v) is 15.8. The third kappa shape index (κ3) is 2.87. The Balaban J connectivity index is 2.04. The van der Waals surface area contributed by atoms with E-state index >= 15 is 0 Å². The summed E-state index contributed by atoms with van der Waals surface area (Å²) in [7, 11) is 0. The SMILES string of the molecule is CCOC(=O)C(CC)n1c(=O)n2cc(-c3ccccc3)nc2c2ccccc21. The lowest BCUT2D eigenvalue weighted by Gasteiger charge is -2.19. The molecule has 6 nitrogen and oxygen atoms in total. The van der Waals surface area contributed by atoms with Crippen molar-refractivity contribution in [3.8, 4) is 11.3 Å². The summed E-state index contributed by atoms with van der Waals surface area (Å²) < 4.78 is 8.26. The Kier molecular flexibility index (Phi) is 4.69. The smallest absolute Gasteiger partial charge is 0.335 e. The fraction of sp³-hybridized carbons (Fsp3) is 0.227. The van der Waals surface area contributed by atoms with E-state index in [0.717, 1.165) is 10.9 Å². The van der Waals surface area contributed by atoms with Crippen molar-refractivity contribution in [3.63, 3.8) is 0 Å². The highest BCUT2D eigenvalue weighted by Gasteiger charge is 2.25. The molecule has 2 aromatic heterocycles. The van der Waals surface area contributed by atoms with E-state index in [9.17, 15) is 9.59 Å². The number of carbonyl (C=O) groups excluding carboxylic acids is 1. The van der Waals surface area contributed by atoms with E-state index < -0.39 is 12.0 Å². The molecule has 4 rings (SSSR count). The Labute approximate surface area is 162 Å². The number of esters is 1. The molecule has 2 heterocycles. The van der Waals surface area contributed by atoms with Crippen molar-refractivity contribution < 1.29 is 9.53 Å². The van der Waals surface area contributed by atoms with Gasteiger partial charge >= 0.3 is 11.7 Å². The van der Waals surface area contributed by atoms with Crippen LogP contribution < -0.4 is 5.69 Å². The van der Waals surface area contributed by atoms with Crippen molar-refractivity contribution in [1.29, 1.82) is 0 Å². The Bertz CT molecular complexity index is 1210. The Morgan fingerprint density at radius 1 is 1.07 bits per heavy atom. The molecule has 0 aliphatic rings. The summed E-state index contributed by atoms with van der Waals surface area (Å²) in [5, 5.41) is 0.812. The maximum Gasteiger partial charge on any atom is 0.335 e. The average Bonchev–Trinajstić information content (AvgIpc) is 3.18. The van der Waals surface area contributed by atoms with Crippen LogP contribution in [0, 0.1) is 0 Å². The first kappa shape index (κ1) is 18.0. The van der Waals surface area contributed by atoms with Crippen LogP contribution in [0.1, 0.15) is 26.3 Å². The number of nitrogens with zero attached hydrogens (tertiary/aromatic N) is 3. The molecule has 28 heavy (non-hydrogen) atoms. The zero-order chi connectivity index (χ0) is 19.7. The Hall–Kier alpha value is -3.41. The maximum absolute atomic E-state index is 13.4. The molecule has 0 amide bonds. The molecule has 0 radical (unpaired) electrons. The van der Waals surface area contributed by atoms with Crippen LogP contribution in [0.25, 0.3) is 27.8 Å². The number of fused-ring (bicyclic) bond motifs is 3. The molecule has 0 saturated carbocycles. The molecule has 2 aromatic carbocycles. The van der Waals surface area contributed by atoms with Gasteiger partial charge in [-0.3, -0.25) is 8.97 Å². The van der Waals surface area contributed by atoms with E-state index in [-0.39, 0.29) is 12.3 Å². The zero-order valence-electron chi connectivity index (χ0n) is 15.8. The maximum atomic E-state index is 13.4. The van der Waals surface area contributed by atoms with E-state index in [1.54, 1.807) is 13.1 Å². The monoisotopic (exact) mass is 375 g/mol. The van der Waals surface area contributed by atoms with Crippen LogP contribution in [-0.4, -0.2) is 26.5 Å². The predicted octanol–water partition coefficient (Wildman–Crippen LogP) is 3.83. The second kappa shape index (κ2) is 7.31. The van der Waals surface area contributed by atoms with Crippen molar-refractivity contribution >= 4 is 22.5 Å². The molecule has 4 aromatic rings. The summed E-state index contributed by atoms with van der Waals surface area (Å²) in [6, 6.07) is 16.5. The number of benzene rings is 2. The third-order valence-corrected chi connectivity index (χ3v) is 4.85. The number of carbonyl (C=O) groups is 1. The number of imidazole rings is 1. The normalized spacial score (nSPS) is 12.4. The standard InChI is InChI=1S/C22H21N3O3/c1-3-18(21(26)28-4-2)25-19-13-9-8-12-16(19)20-23-17(14-24(20)22(25)27)15-10-6-5-7-11-15/h5-14,18H,3-4H2,1-2H3. The van der Waals surface area contributed by atoms with Gasteiger partial charge in [-0.15, -0.1) is 0 Å². The van der Waals surface area contributed by atoms with Gasteiger partial charge in [-0.25, -0.2) is 14.6 Å². The van der Waals surface area contributed by atoms with Gasteiger partial charge in [0.25, 0.3) is 0 Å². The highest BCUT2D eigenvalue weighted by molar-refractivity contribution is 5.93. The molecule has 142 valence electrons. The number of para-hydroxylation sites is 1. The van der Waals surface area contributed by atoms with Gasteiger partial charge in [-0.05, 0) is 25.5 Å². The highest BCUT2D eigenvalue weighted by atomic mass is 16.5. The fourth-order valence-electron chi connectivity index (χ4n) is 3.55. The lowest BCUT2D eigenvalue weighted by atomic mass is 10.1. The van der Waals surface area contributed by atoms with Crippen molar-refractivity contribution in [1.82, 2.24) is 14.0 Å². The highest BCUT2D eigenvalue weighted by Crippen LogP contribution is 2.25. The van der Waals surface area contributed by atoms with Crippen molar-refractivity contribution in [3.05, 3.63) is 71.3 Å². The van der Waals surface area contributed by atoms with Gasteiger partial charge in [0.1, 0.15) is 6.04 Å². The van der Waals surface area contributed by atoms with Crippen molar-refractivity contribution in [2.45, 2.75) is 26.3 Å². The van der Waals surface area contributed by atoms with Crippen molar-refractivity contribution in [2.24, 2.45) is 0 Å². The van der Waals surface area contributed by atoms with Gasteiger partial charge in [-0.1, -0.05) is 49.4 Å². The quantitative estimate of drug-likeness (QED) is 0.497. The van der Waals surface area contributed by atoms with Crippen LogP contribution >= 0.6 is 0 Å². The van der Waals surface area contributed by atoms with E-state index in [2.05, 4.69) is 0 Å². The van der Waals surface area contributed by atoms with Gasteiger partial charge in [0, 0.05) is 17.1 Å². The minimum Gasteiger partial charge on any atom is -0.464 e. The number of hydrogen-bond acceptors (Lipinski definition) is 4. The van der Waals surface area contributed by atoms with E-state index in [0.29, 0.717) is 23.3 Å². The van der Waals surface area contributed by atoms with Crippen LogP contribution in [0.15, 0.2) is 65.6 Å². The van der Waals surface area contributed by atoms with E-state index in [1.165, 1.54) is 8.97 Å². The molecule has 6 heteroatoms. The Morgan fingerprint density at radius 3 is 2.50 bits per heavy atom. The van der Waals surface area contributed by atoms with Crippen LogP contribution in [0.3, 0.4) is 0 Å². The van der Waals surface area contributed by atoms with Crippen LogP contribution in [-0.2, 0) is 9.53 Å². The van der Waals surface area contributed by atoms with Crippen molar-refractivity contribution in [2.75, 3.05) is 6.61 Å². The number of ether oxygens (including phenoxy) is 1. The van der Waals surface area contributed by atoms with Gasteiger partial charge in [-0.2, -0.15) is 0 Å². The lowest BCUT2D eigenvalue weighted by Crippen LogP contribution is -2.34. The molecule has 0 N–H and O–H groups in total. The summed E-state index contributed by atoms with van der Waals surface area (Å²) >= 11 is 0. The molecular formula is C22H21N3O3. The summed E-state index contributed by atoms with van der Waals surface area (Å²) in [5.41, 5.74) is 2.59.